The molecule has 0 amide bonds. The molecule has 0 saturated carbocycles. The Morgan fingerprint density at radius 3 is 2.52 bits per heavy atom. The lowest BCUT2D eigenvalue weighted by Gasteiger charge is -2.11. The first-order valence-electron chi connectivity index (χ1n) is 8.40. The van der Waals surface area contributed by atoms with Crippen molar-refractivity contribution in [2.75, 3.05) is 5.75 Å². The summed E-state index contributed by atoms with van der Waals surface area (Å²) in [6, 6.07) is 17.2. The van der Waals surface area contributed by atoms with Crippen molar-refractivity contribution in [3.05, 3.63) is 76.7 Å². The maximum absolute atomic E-state index is 12.9. The van der Waals surface area contributed by atoms with Gasteiger partial charge in [0.2, 0.25) is 0 Å². The number of aromatic nitrogens is 3. The molecule has 0 aliphatic rings. The van der Waals surface area contributed by atoms with Crippen molar-refractivity contribution in [2.24, 2.45) is 0 Å². The van der Waals surface area contributed by atoms with Gasteiger partial charge in [-0.15, -0.1) is 0 Å². The van der Waals surface area contributed by atoms with Crippen LogP contribution in [-0.4, -0.2) is 28.4 Å². The first-order chi connectivity index (χ1) is 12.9. The largest absolute Gasteiger partial charge is 0.382 e. The van der Waals surface area contributed by atoms with Gasteiger partial charge in [0.1, 0.15) is 17.1 Å². The van der Waals surface area contributed by atoms with E-state index in [1.54, 1.807) is 53.0 Å². The molecule has 4 rings (SSSR count). The van der Waals surface area contributed by atoms with Gasteiger partial charge in [-0.05, 0) is 31.2 Å². The Kier molecular flexibility index (Phi) is 4.19. The summed E-state index contributed by atoms with van der Waals surface area (Å²) in [5.74, 6) is -0.0891. The zero-order chi connectivity index (χ0) is 19.0. The summed E-state index contributed by atoms with van der Waals surface area (Å²) in [6.07, 6.45) is 0. The van der Waals surface area contributed by atoms with Gasteiger partial charge >= 0.3 is 10.1 Å². The molecular weight excluding hydrogens is 366 g/mol. The van der Waals surface area contributed by atoms with Crippen LogP contribution >= 0.6 is 0 Å². The average molecular weight is 383 g/mol. The Morgan fingerprint density at radius 1 is 1.04 bits per heavy atom. The van der Waals surface area contributed by atoms with E-state index in [4.69, 9.17) is 4.18 Å². The molecule has 2 heterocycles. The Labute approximate surface area is 155 Å². The van der Waals surface area contributed by atoms with E-state index >= 15 is 0 Å². The molecule has 0 unspecified atom stereocenters. The summed E-state index contributed by atoms with van der Waals surface area (Å²) < 4.78 is 32.8. The minimum Gasteiger partial charge on any atom is -0.382 e. The van der Waals surface area contributed by atoms with E-state index in [1.807, 2.05) is 19.1 Å². The second-order valence-electron chi connectivity index (χ2n) is 6.19. The highest BCUT2D eigenvalue weighted by atomic mass is 32.2. The van der Waals surface area contributed by atoms with Crippen LogP contribution in [-0.2, 0) is 16.7 Å². The van der Waals surface area contributed by atoms with Crippen LogP contribution in [0.15, 0.2) is 65.5 Å². The molecule has 0 aliphatic heterocycles. The van der Waals surface area contributed by atoms with Gasteiger partial charge in [-0.3, -0.25) is 9.36 Å². The number of rotatable bonds is 5. The molecule has 0 atom stereocenters. The lowest BCUT2D eigenvalue weighted by atomic mass is 10.2. The summed E-state index contributed by atoms with van der Waals surface area (Å²) in [4.78, 5) is 12.9. The van der Waals surface area contributed by atoms with Crippen LogP contribution in [0.3, 0.4) is 0 Å². The maximum Gasteiger partial charge on any atom is 0.310 e. The molecule has 2 aromatic carbocycles. The third-order valence-electron chi connectivity index (χ3n) is 4.23. The van der Waals surface area contributed by atoms with Crippen molar-refractivity contribution >= 4 is 26.7 Å². The average Bonchev–Trinajstić information content (AvgIpc) is 3.03. The van der Waals surface area contributed by atoms with Crippen molar-refractivity contribution in [1.82, 2.24) is 14.2 Å². The minimum atomic E-state index is -3.85. The number of hydrogen-bond donors (Lipinski definition) is 0. The molecule has 8 heteroatoms. The van der Waals surface area contributed by atoms with E-state index in [0.717, 1.165) is 5.69 Å². The van der Waals surface area contributed by atoms with E-state index in [2.05, 4.69) is 5.10 Å². The summed E-state index contributed by atoms with van der Waals surface area (Å²) in [7, 11) is -3.85. The summed E-state index contributed by atoms with van der Waals surface area (Å²) in [5.41, 5.74) is 1.71. The van der Waals surface area contributed by atoms with E-state index in [0.29, 0.717) is 16.6 Å². The summed E-state index contributed by atoms with van der Waals surface area (Å²) in [6.45, 7) is 1.79. The van der Waals surface area contributed by atoms with E-state index in [9.17, 15) is 13.2 Å². The van der Waals surface area contributed by atoms with Crippen molar-refractivity contribution in [3.8, 4) is 5.75 Å². The molecule has 0 aliphatic carbocycles. The highest BCUT2D eigenvalue weighted by Gasteiger charge is 2.17. The Bertz CT molecular complexity index is 1290. The Hall–Kier alpha value is -3.13. The molecule has 0 fully saturated rings. The fraction of sp³-hybridized carbons (Fsp3) is 0.158. The van der Waals surface area contributed by atoms with E-state index < -0.39 is 10.1 Å². The number of nitrogens with zero attached hydrogens (tertiary/aromatic N) is 3. The number of fused-ring (bicyclic) bond motifs is 3. The molecule has 0 radical (unpaired) electrons. The first kappa shape index (κ1) is 17.3. The number of hydrogen-bond acceptors (Lipinski definition) is 5. The van der Waals surface area contributed by atoms with Gasteiger partial charge in [0.25, 0.3) is 5.56 Å². The van der Waals surface area contributed by atoms with Crippen LogP contribution in [0.1, 0.15) is 5.69 Å². The van der Waals surface area contributed by atoms with Gasteiger partial charge in [0, 0.05) is 12.6 Å². The quantitative estimate of drug-likeness (QED) is 0.494. The standard InChI is InChI=1S/C19H17N3O4S/c1-14-13-18-21(11-12-27(24,25)26-15-7-3-2-4-8-15)19(23)16-9-5-6-10-17(16)22(18)20-14/h2-10,13H,11-12H2,1H3. The third-order valence-corrected chi connectivity index (χ3v) is 5.36. The number of para-hydroxylation sites is 2. The van der Waals surface area contributed by atoms with E-state index in [1.165, 1.54) is 4.57 Å². The predicted octanol–water partition coefficient (Wildman–Crippen LogP) is 2.37. The van der Waals surface area contributed by atoms with Crippen molar-refractivity contribution in [3.63, 3.8) is 0 Å². The lowest BCUT2D eigenvalue weighted by molar-refractivity contribution is 0.481. The molecule has 4 aromatic rings. The summed E-state index contributed by atoms with van der Waals surface area (Å²) in [5, 5.41) is 4.91. The van der Waals surface area contributed by atoms with Gasteiger partial charge in [-0.25, -0.2) is 4.52 Å². The molecule has 0 saturated heterocycles. The topological polar surface area (TPSA) is 82.7 Å². The molecule has 138 valence electrons. The van der Waals surface area contributed by atoms with Gasteiger partial charge in [-0.2, -0.15) is 13.5 Å². The van der Waals surface area contributed by atoms with Crippen LogP contribution in [0.2, 0.25) is 0 Å². The first-order valence-corrected chi connectivity index (χ1v) is 9.97. The molecule has 0 bridgehead atoms. The third kappa shape index (κ3) is 3.31. The van der Waals surface area contributed by atoms with Crippen molar-refractivity contribution in [2.45, 2.75) is 13.5 Å². The molecule has 7 nitrogen and oxygen atoms in total. The molecule has 2 aromatic heterocycles. The van der Waals surface area contributed by atoms with Gasteiger partial charge in [0.05, 0.1) is 16.6 Å². The van der Waals surface area contributed by atoms with Gasteiger partial charge < -0.3 is 4.18 Å². The number of benzene rings is 2. The minimum absolute atomic E-state index is 0.0343. The van der Waals surface area contributed by atoms with E-state index in [-0.39, 0.29) is 23.6 Å². The monoisotopic (exact) mass is 383 g/mol. The lowest BCUT2D eigenvalue weighted by Crippen LogP contribution is -2.27. The fourth-order valence-corrected chi connectivity index (χ4v) is 3.92. The zero-order valence-corrected chi connectivity index (χ0v) is 15.4. The smallest absolute Gasteiger partial charge is 0.310 e. The second kappa shape index (κ2) is 6.55. The number of aryl methyl sites for hydroxylation is 2. The highest BCUT2D eigenvalue weighted by Crippen LogP contribution is 2.16. The van der Waals surface area contributed by atoms with Crippen molar-refractivity contribution < 1.29 is 12.6 Å². The fourth-order valence-electron chi connectivity index (χ4n) is 3.03. The van der Waals surface area contributed by atoms with Crippen LogP contribution in [0.4, 0.5) is 0 Å². The van der Waals surface area contributed by atoms with Gasteiger partial charge in [-0.1, -0.05) is 30.3 Å². The van der Waals surface area contributed by atoms with Crippen LogP contribution in [0.25, 0.3) is 16.6 Å². The SMILES string of the molecule is Cc1cc2n(CCS(=O)(=O)Oc3ccccc3)c(=O)c3ccccc3n2n1. The normalized spacial score (nSPS) is 11.9. The van der Waals surface area contributed by atoms with Crippen LogP contribution in [0.5, 0.6) is 5.75 Å². The highest BCUT2D eigenvalue weighted by molar-refractivity contribution is 7.87. The molecule has 0 spiro atoms. The molecule has 27 heavy (non-hydrogen) atoms. The van der Waals surface area contributed by atoms with Crippen molar-refractivity contribution in [1.29, 1.82) is 0 Å². The zero-order valence-electron chi connectivity index (χ0n) is 14.6. The summed E-state index contributed by atoms with van der Waals surface area (Å²) >= 11 is 0. The second-order valence-corrected chi connectivity index (χ2v) is 7.88. The van der Waals surface area contributed by atoms with Gasteiger partial charge in [0.15, 0.2) is 0 Å². The Morgan fingerprint density at radius 2 is 1.74 bits per heavy atom. The Balaban J connectivity index is 1.73. The maximum atomic E-state index is 12.9. The predicted molar refractivity (Wildman–Crippen MR) is 103 cm³/mol. The van der Waals surface area contributed by atoms with Crippen LogP contribution in [0, 0.1) is 6.92 Å². The van der Waals surface area contributed by atoms with Crippen LogP contribution < -0.4 is 9.74 Å². The molecule has 0 N–H and O–H groups in total. The molecular formula is C19H17N3O4S.